The van der Waals surface area contributed by atoms with Gasteiger partial charge in [0.15, 0.2) is 5.15 Å². The maximum Gasteiger partial charge on any atom is 0.290 e. The van der Waals surface area contributed by atoms with E-state index in [1.54, 1.807) is 13.1 Å². The van der Waals surface area contributed by atoms with Crippen molar-refractivity contribution in [3.8, 4) is 0 Å². The molecule has 0 N–H and O–H groups in total. The smallest absolute Gasteiger partial charge is 0.290 e. The Morgan fingerprint density at radius 3 is 2.37 bits per heavy atom. The topological polar surface area (TPSA) is 47.4 Å². The van der Waals surface area contributed by atoms with Gasteiger partial charge in [-0.2, -0.15) is 5.10 Å². The molecule has 0 spiro atoms. The van der Waals surface area contributed by atoms with Gasteiger partial charge in [0, 0.05) is 26.2 Å². The first-order valence-corrected chi connectivity index (χ1v) is 6.99. The lowest BCUT2D eigenvalue weighted by molar-refractivity contribution is -0.00532. The largest absolute Gasteiger partial charge is 0.372 e. The number of halogens is 1. The van der Waals surface area contributed by atoms with Crippen LogP contribution in [0, 0.1) is 0 Å². The first-order valence-electron chi connectivity index (χ1n) is 6.61. The highest BCUT2D eigenvalue weighted by molar-refractivity contribution is 6.29. The number of ether oxygens (including phenoxy) is 1. The molecule has 0 radical (unpaired) electrons. The molecule has 19 heavy (non-hydrogen) atoms. The molecule has 0 aliphatic carbocycles. The zero-order valence-electron chi connectivity index (χ0n) is 12.2. The molecular weight excluding hydrogens is 266 g/mol. The minimum Gasteiger partial charge on any atom is -0.372 e. The quantitative estimate of drug-likeness (QED) is 0.793. The van der Waals surface area contributed by atoms with Crippen LogP contribution in [0.2, 0.25) is 5.15 Å². The number of hydrogen-bond donors (Lipinski definition) is 0. The predicted octanol–water partition coefficient (Wildman–Crippen LogP) is 2.07. The molecule has 1 aromatic heterocycles. The number of aromatic nitrogens is 2. The van der Waals surface area contributed by atoms with Crippen molar-refractivity contribution in [2.24, 2.45) is 7.05 Å². The number of hydrogen-bond acceptors (Lipinski definition) is 4. The third kappa shape index (κ3) is 3.94. The molecule has 2 heterocycles. The molecule has 0 aromatic carbocycles. The average molecular weight is 288 g/mol. The van der Waals surface area contributed by atoms with Gasteiger partial charge < -0.3 is 9.64 Å². The van der Waals surface area contributed by atoms with Crippen molar-refractivity contribution in [2.75, 3.05) is 18.0 Å². The zero-order chi connectivity index (χ0) is 14.6. The number of aryl methyl sites for hydroxylation is 1. The molecule has 1 saturated heterocycles. The lowest BCUT2D eigenvalue weighted by Crippen LogP contribution is -2.47. The minimum absolute atomic E-state index is 0.107. The van der Waals surface area contributed by atoms with Gasteiger partial charge in [-0.25, -0.2) is 4.68 Å². The van der Waals surface area contributed by atoms with Crippen LogP contribution in [0.4, 0.5) is 5.69 Å². The minimum atomic E-state index is -0.129. The van der Waals surface area contributed by atoms with Crippen molar-refractivity contribution in [3.05, 3.63) is 21.6 Å². The lowest BCUT2D eigenvalue weighted by atomic mass is 10.2. The zero-order valence-corrected chi connectivity index (χ0v) is 12.9. The fourth-order valence-corrected chi connectivity index (χ4v) is 2.38. The Balaban J connectivity index is 0.000000861. The summed E-state index contributed by atoms with van der Waals surface area (Å²) in [6.07, 6.45) is 0.214. The fraction of sp³-hybridized carbons (Fsp3) is 0.692. The second-order valence-electron chi connectivity index (χ2n) is 4.44. The molecule has 2 atom stereocenters. The highest BCUT2D eigenvalue weighted by Gasteiger charge is 2.24. The second-order valence-corrected chi connectivity index (χ2v) is 4.83. The van der Waals surface area contributed by atoms with E-state index in [0.29, 0.717) is 23.9 Å². The van der Waals surface area contributed by atoms with E-state index >= 15 is 0 Å². The van der Waals surface area contributed by atoms with Gasteiger partial charge in [-0.15, -0.1) is 0 Å². The molecule has 0 bridgehead atoms. The van der Waals surface area contributed by atoms with E-state index in [2.05, 4.69) is 5.10 Å². The first-order chi connectivity index (χ1) is 8.97. The van der Waals surface area contributed by atoms with Crippen LogP contribution in [0.3, 0.4) is 0 Å². The van der Waals surface area contributed by atoms with Crippen LogP contribution in [0.5, 0.6) is 0 Å². The summed E-state index contributed by atoms with van der Waals surface area (Å²) in [6.45, 7) is 9.38. The van der Waals surface area contributed by atoms with Crippen LogP contribution in [-0.4, -0.2) is 35.1 Å². The van der Waals surface area contributed by atoms with E-state index in [1.165, 1.54) is 4.68 Å². The highest BCUT2D eigenvalue weighted by atomic mass is 35.5. The molecule has 108 valence electrons. The number of rotatable bonds is 1. The lowest BCUT2D eigenvalue weighted by Gasteiger charge is -2.36. The van der Waals surface area contributed by atoms with Crippen molar-refractivity contribution in [1.29, 1.82) is 0 Å². The van der Waals surface area contributed by atoms with Crippen molar-refractivity contribution in [3.63, 3.8) is 0 Å². The number of nitrogens with zero attached hydrogens (tertiary/aromatic N) is 3. The molecule has 0 amide bonds. The van der Waals surface area contributed by atoms with Crippen molar-refractivity contribution in [2.45, 2.75) is 39.9 Å². The molecule has 5 nitrogen and oxygen atoms in total. The van der Waals surface area contributed by atoms with Gasteiger partial charge in [0.2, 0.25) is 0 Å². The summed E-state index contributed by atoms with van der Waals surface area (Å²) in [5.41, 5.74) is 0.463. The van der Waals surface area contributed by atoms with E-state index in [-0.39, 0.29) is 17.8 Å². The third-order valence-corrected chi connectivity index (χ3v) is 2.96. The van der Waals surface area contributed by atoms with Crippen molar-refractivity contribution >= 4 is 17.3 Å². The fourth-order valence-electron chi connectivity index (χ4n) is 2.16. The molecule has 2 rings (SSSR count). The third-order valence-electron chi connectivity index (χ3n) is 2.77. The van der Waals surface area contributed by atoms with Gasteiger partial charge in [0.1, 0.15) is 5.69 Å². The second kappa shape index (κ2) is 6.91. The summed E-state index contributed by atoms with van der Waals surface area (Å²) < 4.78 is 6.91. The Morgan fingerprint density at radius 1 is 1.32 bits per heavy atom. The molecule has 1 aromatic rings. The molecule has 2 unspecified atom stereocenters. The summed E-state index contributed by atoms with van der Waals surface area (Å²) in [5, 5.41) is 4.21. The molecule has 0 saturated carbocycles. The highest BCUT2D eigenvalue weighted by Crippen LogP contribution is 2.18. The van der Waals surface area contributed by atoms with Crippen molar-refractivity contribution in [1.82, 2.24) is 9.78 Å². The SMILES string of the molecule is CC.CC1CN(c2cc(Cl)nn(C)c2=O)CC(C)O1. The summed E-state index contributed by atoms with van der Waals surface area (Å²) >= 11 is 5.89. The summed E-state index contributed by atoms with van der Waals surface area (Å²) in [5.74, 6) is 0. The standard InChI is InChI=1S/C11H16ClN3O2.C2H6/c1-7-5-15(6-8(2)17-7)9-4-10(12)13-14(3)11(9)16;1-2/h4,7-8H,5-6H2,1-3H3;1-2H3. The van der Waals surface area contributed by atoms with Crippen LogP contribution in [0.25, 0.3) is 0 Å². The average Bonchev–Trinajstić information content (AvgIpc) is 2.35. The molecule has 1 aliphatic heterocycles. The van der Waals surface area contributed by atoms with E-state index in [0.717, 1.165) is 0 Å². The summed E-state index contributed by atoms with van der Waals surface area (Å²) in [4.78, 5) is 14.0. The van der Waals surface area contributed by atoms with Gasteiger partial charge in [-0.1, -0.05) is 25.4 Å². The van der Waals surface area contributed by atoms with Gasteiger partial charge in [0.25, 0.3) is 5.56 Å². The Bertz CT molecular complexity index is 465. The maximum absolute atomic E-state index is 12.0. The monoisotopic (exact) mass is 287 g/mol. The number of morpholine rings is 1. The predicted molar refractivity (Wildman–Crippen MR) is 78.1 cm³/mol. The van der Waals surface area contributed by atoms with Gasteiger partial charge in [-0.05, 0) is 13.8 Å². The molecular formula is C13H22ClN3O2. The van der Waals surface area contributed by atoms with E-state index in [4.69, 9.17) is 16.3 Å². The van der Waals surface area contributed by atoms with Gasteiger partial charge >= 0.3 is 0 Å². The van der Waals surface area contributed by atoms with Gasteiger partial charge in [-0.3, -0.25) is 4.79 Å². The van der Waals surface area contributed by atoms with Gasteiger partial charge in [0.05, 0.1) is 12.2 Å². The van der Waals surface area contributed by atoms with Crippen molar-refractivity contribution < 1.29 is 4.74 Å². The number of anilines is 1. The van der Waals surface area contributed by atoms with E-state index < -0.39 is 0 Å². The maximum atomic E-state index is 12.0. The molecule has 1 fully saturated rings. The Hall–Kier alpha value is -1.07. The van der Waals surface area contributed by atoms with E-state index in [1.807, 2.05) is 32.6 Å². The van der Waals surface area contributed by atoms with Crippen LogP contribution in [0.15, 0.2) is 10.9 Å². The van der Waals surface area contributed by atoms with Crippen LogP contribution >= 0.6 is 11.6 Å². The van der Waals surface area contributed by atoms with Crippen LogP contribution in [0.1, 0.15) is 27.7 Å². The molecule has 1 aliphatic rings. The summed E-state index contributed by atoms with van der Waals surface area (Å²) in [6, 6.07) is 1.62. The van der Waals surface area contributed by atoms with Crippen LogP contribution in [-0.2, 0) is 11.8 Å². The Kier molecular flexibility index (Phi) is 5.82. The Labute approximate surface area is 119 Å². The van der Waals surface area contributed by atoms with E-state index in [9.17, 15) is 4.79 Å². The normalized spacial score (nSPS) is 22.7. The Morgan fingerprint density at radius 2 is 1.84 bits per heavy atom. The molecule has 6 heteroatoms. The first kappa shape index (κ1) is 16.0. The summed E-state index contributed by atoms with van der Waals surface area (Å²) in [7, 11) is 1.60. The van der Waals surface area contributed by atoms with Crippen LogP contribution < -0.4 is 10.5 Å².